The molecule has 1 unspecified atom stereocenters. The van der Waals surface area contributed by atoms with Crippen LogP contribution in [0.15, 0.2) is 0 Å². The van der Waals surface area contributed by atoms with Crippen molar-refractivity contribution in [1.29, 1.82) is 0 Å². The van der Waals surface area contributed by atoms with Gasteiger partial charge in [-0.1, -0.05) is 0 Å². The normalized spacial score (nSPS) is 23.3. The minimum Gasteiger partial charge on any atom is -0.444 e. The van der Waals surface area contributed by atoms with Gasteiger partial charge in [-0.05, 0) is 46.5 Å². The fourth-order valence-corrected chi connectivity index (χ4v) is 2.78. The molecule has 0 spiro atoms. The van der Waals surface area contributed by atoms with Crippen LogP contribution in [0.4, 0.5) is 4.79 Å². The molecule has 5 nitrogen and oxygen atoms in total. The molecular weight excluding hydrogens is 256 g/mol. The van der Waals surface area contributed by atoms with Gasteiger partial charge in [0, 0.05) is 38.4 Å². The average Bonchev–Trinajstić information content (AvgIpc) is 2.31. The number of carbonyl (C=O) groups excluding carboxylic acids is 1. The second-order valence-electron chi connectivity index (χ2n) is 6.99. The quantitative estimate of drug-likeness (QED) is 0.861. The van der Waals surface area contributed by atoms with Gasteiger partial charge in [0.25, 0.3) is 0 Å². The van der Waals surface area contributed by atoms with Crippen molar-refractivity contribution in [3.8, 4) is 0 Å². The lowest BCUT2D eigenvalue weighted by Gasteiger charge is -2.42. The summed E-state index contributed by atoms with van der Waals surface area (Å²) in [5.41, 5.74) is -0.412. The highest BCUT2D eigenvalue weighted by Crippen LogP contribution is 2.21. The monoisotopic (exact) mass is 284 g/mol. The first kappa shape index (κ1) is 15.6. The summed E-state index contributed by atoms with van der Waals surface area (Å²) in [6, 6.07) is 0.894. The number of rotatable bonds is 3. The molecule has 0 aliphatic carbocycles. The molecule has 2 aliphatic heterocycles. The van der Waals surface area contributed by atoms with Crippen LogP contribution in [-0.2, 0) is 9.47 Å². The van der Waals surface area contributed by atoms with Crippen LogP contribution in [-0.4, -0.2) is 55.0 Å². The van der Waals surface area contributed by atoms with Gasteiger partial charge >= 0.3 is 6.09 Å². The van der Waals surface area contributed by atoms with Gasteiger partial charge in [0.15, 0.2) is 0 Å². The van der Waals surface area contributed by atoms with Gasteiger partial charge in [-0.3, -0.25) is 0 Å². The fourth-order valence-electron chi connectivity index (χ4n) is 2.78. The molecule has 1 N–H and O–H groups in total. The van der Waals surface area contributed by atoms with Crippen molar-refractivity contribution in [2.45, 2.75) is 58.2 Å². The van der Waals surface area contributed by atoms with Gasteiger partial charge in [0.2, 0.25) is 0 Å². The predicted molar refractivity (Wildman–Crippen MR) is 77.7 cm³/mol. The smallest absolute Gasteiger partial charge is 0.410 e. The Balaban J connectivity index is 1.67. The second-order valence-corrected chi connectivity index (χ2v) is 6.99. The van der Waals surface area contributed by atoms with Gasteiger partial charge in [-0.25, -0.2) is 4.79 Å². The summed E-state index contributed by atoms with van der Waals surface area (Å²) in [5.74, 6) is 0.694. The van der Waals surface area contributed by atoms with Crippen molar-refractivity contribution >= 4 is 6.09 Å². The van der Waals surface area contributed by atoms with E-state index in [0.717, 1.165) is 39.1 Å². The first-order chi connectivity index (χ1) is 9.35. The van der Waals surface area contributed by atoms with E-state index in [0.29, 0.717) is 18.0 Å². The molecular formula is C15H28N2O3. The van der Waals surface area contributed by atoms with Crippen molar-refractivity contribution < 1.29 is 14.3 Å². The van der Waals surface area contributed by atoms with Gasteiger partial charge in [-0.2, -0.15) is 0 Å². The molecule has 5 heteroatoms. The van der Waals surface area contributed by atoms with Crippen LogP contribution in [0.25, 0.3) is 0 Å². The highest BCUT2D eigenvalue weighted by atomic mass is 16.6. The van der Waals surface area contributed by atoms with E-state index in [1.165, 1.54) is 0 Å². The molecule has 2 fully saturated rings. The standard InChI is InChI=1S/C15H28N2O3/c1-11(12-5-7-19-8-6-12)16-13-9-17(10-13)14(18)20-15(2,3)4/h11-13,16H,5-10H2,1-4H3. The van der Waals surface area contributed by atoms with Crippen LogP contribution in [0.2, 0.25) is 0 Å². The average molecular weight is 284 g/mol. The zero-order chi connectivity index (χ0) is 14.8. The lowest BCUT2D eigenvalue weighted by molar-refractivity contribution is 0.00145. The minimum absolute atomic E-state index is 0.200. The number of likely N-dealkylation sites (tertiary alicyclic amines) is 1. The molecule has 0 aromatic heterocycles. The highest BCUT2D eigenvalue weighted by Gasteiger charge is 2.35. The third kappa shape index (κ3) is 4.35. The molecule has 0 saturated carbocycles. The largest absolute Gasteiger partial charge is 0.444 e. The van der Waals surface area contributed by atoms with E-state index in [2.05, 4.69) is 12.2 Å². The Bertz CT molecular complexity index is 329. The van der Waals surface area contributed by atoms with Crippen LogP contribution >= 0.6 is 0 Å². The lowest BCUT2D eigenvalue weighted by Crippen LogP contribution is -2.62. The molecule has 2 aliphatic rings. The van der Waals surface area contributed by atoms with Crippen LogP contribution < -0.4 is 5.32 Å². The van der Waals surface area contributed by atoms with E-state index < -0.39 is 5.60 Å². The maximum atomic E-state index is 11.8. The minimum atomic E-state index is -0.412. The first-order valence-electron chi connectivity index (χ1n) is 7.67. The second kappa shape index (κ2) is 6.31. The van der Waals surface area contributed by atoms with Crippen molar-refractivity contribution in [1.82, 2.24) is 10.2 Å². The van der Waals surface area contributed by atoms with Gasteiger partial charge in [-0.15, -0.1) is 0 Å². The molecule has 2 heterocycles. The Morgan fingerprint density at radius 3 is 2.45 bits per heavy atom. The summed E-state index contributed by atoms with van der Waals surface area (Å²) in [7, 11) is 0. The molecule has 116 valence electrons. The van der Waals surface area contributed by atoms with Crippen LogP contribution in [0.1, 0.15) is 40.5 Å². The van der Waals surface area contributed by atoms with Crippen LogP contribution in [0, 0.1) is 5.92 Å². The highest BCUT2D eigenvalue weighted by molar-refractivity contribution is 5.69. The fraction of sp³-hybridized carbons (Fsp3) is 0.933. The van der Waals surface area contributed by atoms with Crippen molar-refractivity contribution in [3.63, 3.8) is 0 Å². The third-order valence-corrected chi connectivity index (χ3v) is 4.00. The van der Waals surface area contributed by atoms with Gasteiger partial charge in [0.05, 0.1) is 0 Å². The number of hydrogen-bond acceptors (Lipinski definition) is 4. The molecule has 1 atom stereocenters. The maximum Gasteiger partial charge on any atom is 0.410 e. The molecule has 0 bridgehead atoms. The predicted octanol–water partition coefficient (Wildman–Crippen LogP) is 2.01. The zero-order valence-corrected chi connectivity index (χ0v) is 13.1. The molecule has 2 saturated heterocycles. The molecule has 0 aromatic carbocycles. The Labute approximate surface area is 122 Å². The van der Waals surface area contributed by atoms with Gasteiger partial charge < -0.3 is 19.7 Å². The zero-order valence-electron chi connectivity index (χ0n) is 13.1. The number of nitrogens with one attached hydrogen (secondary N) is 1. The number of amides is 1. The summed E-state index contributed by atoms with van der Waals surface area (Å²) in [5, 5.41) is 3.63. The van der Waals surface area contributed by atoms with E-state index in [9.17, 15) is 4.79 Å². The van der Waals surface area contributed by atoms with Crippen LogP contribution in [0.5, 0.6) is 0 Å². The molecule has 1 amide bonds. The summed E-state index contributed by atoms with van der Waals surface area (Å²) >= 11 is 0. The topological polar surface area (TPSA) is 50.8 Å². The summed E-state index contributed by atoms with van der Waals surface area (Å²) in [6.45, 7) is 11.2. The SMILES string of the molecule is CC(NC1CN(C(=O)OC(C)(C)C)C1)C1CCOCC1. The van der Waals surface area contributed by atoms with Crippen molar-refractivity contribution in [2.24, 2.45) is 5.92 Å². The van der Waals surface area contributed by atoms with E-state index in [1.807, 2.05) is 20.8 Å². The van der Waals surface area contributed by atoms with E-state index >= 15 is 0 Å². The van der Waals surface area contributed by atoms with E-state index in [-0.39, 0.29) is 6.09 Å². The number of carbonyl (C=O) groups is 1. The van der Waals surface area contributed by atoms with Gasteiger partial charge in [0.1, 0.15) is 5.60 Å². The number of ether oxygens (including phenoxy) is 2. The summed E-state index contributed by atoms with van der Waals surface area (Å²) < 4.78 is 10.7. The summed E-state index contributed by atoms with van der Waals surface area (Å²) in [4.78, 5) is 13.6. The summed E-state index contributed by atoms with van der Waals surface area (Å²) in [6.07, 6.45) is 2.07. The molecule has 2 rings (SSSR count). The van der Waals surface area contributed by atoms with E-state index in [4.69, 9.17) is 9.47 Å². The molecule has 0 radical (unpaired) electrons. The third-order valence-electron chi connectivity index (χ3n) is 4.00. The Kier molecular flexibility index (Phi) is 4.91. The van der Waals surface area contributed by atoms with Crippen LogP contribution in [0.3, 0.4) is 0 Å². The maximum absolute atomic E-state index is 11.8. The lowest BCUT2D eigenvalue weighted by atomic mass is 9.92. The van der Waals surface area contributed by atoms with E-state index in [1.54, 1.807) is 4.90 Å². The number of nitrogens with zero attached hydrogens (tertiary/aromatic N) is 1. The Morgan fingerprint density at radius 1 is 1.30 bits per heavy atom. The first-order valence-corrected chi connectivity index (χ1v) is 7.67. The van der Waals surface area contributed by atoms with Crippen molar-refractivity contribution in [3.05, 3.63) is 0 Å². The Hall–Kier alpha value is -0.810. The molecule has 0 aromatic rings. The Morgan fingerprint density at radius 2 is 1.90 bits per heavy atom. The van der Waals surface area contributed by atoms with Crippen molar-refractivity contribution in [2.75, 3.05) is 26.3 Å². The number of hydrogen-bond donors (Lipinski definition) is 1. The molecule has 20 heavy (non-hydrogen) atoms.